The SMILES string of the molecule is CCOC(=O)/C=C/c1cccc2c1CC(C(C)(C)C)N=C2C. The normalized spacial score (nSPS) is 18.0. The number of carbonyl (C=O) groups excluding carboxylic acids is 1. The molecule has 1 atom stereocenters. The number of benzene rings is 1. The Bertz CT molecular complexity index is 621. The third-order valence-corrected chi connectivity index (χ3v) is 4.03. The molecule has 0 fully saturated rings. The van der Waals surface area contributed by atoms with Crippen LogP contribution in [0.15, 0.2) is 29.3 Å². The van der Waals surface area contributed by atoms with Gasteiger partial charge in [0.15, 0.2) is 0 Å². The van der Waals surface area contributed by atoms with E-state index >= 15 is 0 Å². The maximum atomic E-state index is 11.5. The second-order valence-corrected chi connectivity index (χ2v) is 6.76. The van der Waals surface area contributed by atoms with E-state index < -0.39 is 0 Å². The molecular weight excluding hydrogens is 274 g/mol. The lowest BCUT2D eigenvalue weighted by molar-refractivity contribution is -0.137. The summed E-state index contributed by atoms with van der Waals surface area (Å²) in [4.78, 5) is 16.4. The summed E-state index contributed by atoms with van der Waals surface area (Å²) in [6, 6.07) is 6.43. The Labute approximate surface area is 133 Å². The predicted octanol–water partition coefficient (Wildman–Crippen LogP) is 4.04. The van der Waals surface area contributed by atoms with E-state index in [-0.39, 0.29) is 17.4 Å². The zero-order chi connectivity index (χ0) is 16.3. The fourth-order valence-electron chi connectivity index (χ4n) is 2.72. The fourth-order valence-corrected chi connectivity index (χ4v) is 2.72. The van der Waals surface area contributed by atoms with Gasteiger partial charge in [-0.2, -0.15) is 0 Å². The van der Waals surface area contributed by atoms with Gasteiger partial charge in [-0.3, -0.25) is 4.99 Å². The maximum Gasteiger partial charge on any atom is 0.330 e. The van der Waals surface area contributed by atoms with Gasteiger partial charge >= 0.3 is 5.97 Å². The molecule has 1 heterocycles. The molecule has 0 saturated carbocycles. The number of rotatable bonds is 3. The van der Waals surface area contributed by atoms with Gasteiger partial charge in [-0.15, -0.1) is 0 Å². The minimum atomic E-state index is -0.298. The Morgan fingerprint density at radius 2 is 2.14 bits per heavy atom. The molecule has 3 heteroatoms. The quantitative estimate of drug-likeness (QED) is 0.624. The van der Waals surface area contributed by atoms with Gasteiger partial charge in [0, 0.05) is 11.8 Å². The zero-order valence-corrected chi connectivity index (χ0v) is 14.1. The first-order valence-corrected chi connectivity index (χ1v) is 7.84. The molecule has 1 aromatic carbocycles. The summed E-state index contributed by atoms with van der Waals surface area (Å²) in [5.74, 6) is -0.298. The van der Waals surface area contributed by atoms with Crippen molar-refractivity contribution in [1.29, 1.82) is 0 Å². The number of esters is 1. The monoisotopic (exact) mass is 299 g/mol. The van der Waals surface area contributed by atoms with Crippen LogP contribution in [0.4, 0.5) is 0 Å². The largest absolute Gasteiger partial charge is 0.463 e. The molecule has 0 radical (unpaired) electrons. The van der Waals surface area contributed by atoms with Crippen LogP contribution in [0.5, 0.6) is 0 Å². The Kier molecular flexibility index (Phi) is 4.84. The second-order valence-electron chi connectivity index (χ2n) is 6.76. The first kappa shape index (κ1) is 16.5. The molecule has 0 saturated heterocycles. The van der Waals surface area contributed by atoms with E-state index in [0.29, 0.717) is 6.61 Å². The van der Waals surface area contributed by atoms with Crippen molar-refractivity contribution in [2.45, 2.75) is 47.1 Å². The smallest absolute Gasteiger partial charge is 0.330 e. The first-order valence-electron chi connectivity index (χ1n) is 7.84. The molecule has 3 nitrogen and oxygen atoms in total. The molecule has 0 amide bonds. The van der Waals surface area contributed by atoms with Gasteiger partial charge in [-0.25, -0.2) is 4.79 Å². The Morgan fingerprint density at radius 3 is 2.77 bits per heavy atom. The van der Waals surface area contributed by atoms with Crippen LogP contribution in [-0.4, -0.2) is 24.3 Å². The average Bonchev–Trinajstić information content (AvgIpc) is 2.44. The topological polar surface area (TPSA) is 38.7 Å². The summed E-state index contributed by atoms with van der Waals surface area (Å²) in [5.41, 5.74) is 4.74. The molecule has 0 N–H and O–H groups in total. The molecular formula is C19H25NO2. The number of hydrogen-bond acceptors (Lipinski definition) is 3. The molecule has 1 aromatic rings. The summed E-state index contributed by atoms with van der Waals surface area (Å²) >= 11 is 0. The second kappa shape index (κ2) is 6.47. The van der Waals surface area contributed by atoms with Gasteiger partial charge in [0.25, 0.3) is 0 Å². The molecule has 0 aliphatic carbocycles. The van der Waals surface area contributed by atoms with Crippen molar-refractivity contribution in [2.24, 2.45) is 10.4 Å². The molecule has 22 heavy (non-hydrogen) atoms. The van der Waals surface area contributed by atoms with Gasteiger partial charge < -0.3 is 4.74 Å². The molecule has 0 aromatic heterocycles. The molecule has 1 aliphatic heterocycles. The van der Waals surface area contributed by atoms with E-state index in [1.807, 2.05) is 25.1 Å². The molecule has 0 bridgehead atoms. The van der Waals surface area contributed by atoms with E-state index in [9.17, 15) is 4.79 Å². The molecule has 1 unspecified atom stereocenters. The van der Waals surface area contributed by atoms with E-state index in [1.54, 1.807) is 0 Å². The highest BCUT2D eigenvalue weighted by Crippen LogP contribution is 2.32. The third kappa shape index (κ3) is 3.65. The van der Waals surface area contributed by atoms with Gasteiger partial charge in [0.2, 0.25) is 0 Å². The summed E-state index contributed by atoms with van der Waals surface area (Å²) in [5, 5.41) is 0. The highest BCUT2D eigenvalue weighted by Gasteiger charge is 2.29. The zero-order valence-electron chi connectivity index (χ0n) is 14.1. The first-order chi connectivity index (χ1) is 10.3. The minimum Gasteiger partial charge on any atom is -0.463 e. The summed E-state index contributed by atoms with van der Waals surface area (Å²) in [6.45, 7) is 10.9. The lowest BCUT2D eigenvalue weighted by atomic mass is 9.79. The van der Waals surface area contributed by atoms with Crippen molar-refractivity contribution in [3.63, 3.8) is 0 Å². The van der Waals surface area contributed by atoms with Gasteiger partial charge in [0.05, 0.1) is 12.6 Å². The predicted molar refractivity (Wildman–Crippen MR) is 91.3 cm³/mol. The van der Waals surface area contributed by atoms with Crippen molar-refractivity contribution < 1.29 is 9.53 Å². The Balaban J connectivity index is 2.36. The van der Waals surface area contributed by atoms with Crippen LogP contribution in [0.3, 0.4) is 0 Å². The van der Waals surface area contributed by atoms with E-state index in [1.165, 1.54) is 17.2 Å². The highest BCUT2D eigenvalue weighted by atomic mass is 16.5. The fraction of sp³-hybridized carbons (Fsp3) is 0.474. The lowest BCUT2D eigenvalue weighted by Gasteiger charge is -2.32. The lowest BCUT2D eigenvalue weighted by Crippen LogP contribution is -2.31. The van der Waals surface area contributed by atoms with Crippen LogP contribution in [0, 0.1) is 5.41 Å². The van der Waals surface area contributed by atoms with Crippen LogP contribution >= 0.6 is 0 Å². The van der Waals surface area contributed by atoms with Gasteiger partial charge in [-0.05, 0) is 48.4 Å². The highest BCUT2D eigenvalue weighted by molar-refractivity contribution is 6.02. The van der Waals surface area contributed by atoms with Crippen LogP contribution < -0.4 is 0 Å². The van der Waals surface area contributed by atoms with Crippen LogP contribution in [0.25, 0.3) is 6.08 Å². The van der Waals surface area contributed by atoms with E-state index in [2.05, 4.69) is 33.8 Å². The van der Waals surface area contributed by atoms with Crippen LogP contribution in [0.2, 0.25) is 0 Å². The minimum absolute atomic E-state index is 0.122. The van der Waals surface area contributed by atoms with Gasteiger partial charge in [0.1, 0.15) is 0 Å². The molecule has 118 valence electrons. The van der Waals surface area contributed by atoms with Crippen molar-refractivity contribution in [1.82, 2.24) is 0 Å². The standard InChI is InChI=1S/C19H25NO2/c1-6-22-18(21)11-10-14-8-7-9-15-13(2)20-17(12-16(14)15)19(3,4)5/h7-11,17H,6,12H2,1-5H3/b11-10+. The van der Waals surface area contributed by atoms with Crippen molar-refractivity contribution in [3.05, 3.63) is 41.0 Å². The third-order valence-electron chi connectivity index (χ3n) is 4.03. The number of hydrogen-bond donors (Lipinski definition) is 0. The number of fused-ring (bicyclic) bond motifs is 1. The van der Waals surface area contributed by atoms with Crippen molar-refractivity contribution >= 4 is 17.8 Å². The Hall–Kier alpha value is -1.90. The molecule has 0 spiro atoms. The number of nitrogens with zero attached hydrogens (tertiary/aromatic N) is 1. The maximum absolute atomic E-state index is 11.5. The van der Waals surface area contributed by atoms with Crippen molar-refractivity contribution in [2.75, 3.05) is 6.61 Å². The number of ether oxygens (including phenoxy) is 1. The summed E-state index contributed by atoms with van der Waals surface area (Å²) in [6.07, 6.45) is 4.26. The van der Waals surface area contributed by atoms with E-state index in [4.69, 9.17) is 9.73 Å². The summed E-state index contributed by atoms with van der Waals surface area (Å²) < 4.78 is 4.95. The van der Waals surface area contributed by atoms with Crippen LogP contribution in [0.1, 0.15) is 51.3 Å². The average molecular weight is 299 g/mol. The van der Waals surface area contributed by atoms with Crippen LogP contribution in [-0.2, 0) is 16.0 Å². The number of carbonyl (C=O) groups is 1. The number of aliphatic imine (C=N–C) groups is 1. The van der Waals surface area contributed by atoms with Crippen molar-refractivity contribution in [3.8, 4) is 0 Å². The summed E-state index contributed by atoms with van der Waals surface area (Å²) in [7, 11) is 0. The molecule has 1 aliphatic rings. The van der Waals surface area contributed by atoms with E-state index in [0.717, 1.165) is 17.7 Å². The Morgan fingerprint density at radius 1 is 1.41 bits per heavy atom. The molecule has 2 rings (SSSR count). The van der Waals surface area contributed by atoms with Gasteiger partial charge in [-0.1, -0.05) is 39.0 Å².